The van der Waals surface area contributed by atoms with Gasteiger partial charge in [-0.15, -0.1) is 0 Å². The zero-order chi connectivity index (χ0) is 15.6. The highest BCUT2D eigenvalue weighted by molar-refractivity contribution is 7.99. The molecule has 1 aliphatic rings. The third kappa shape index (κ3) is 3.28. The standard InChI is InChI=1S/C13H19N3O4S/c1-8-3-14-12-16(11(8)20)4-9(5-21-12)10(19)15-13(2,6-17)7-18/h3,9,17-18H,4-7H2,1-2H3,(H,15,19). The van der Waals surface area contributed by atoms with E-state index in [0.29, 0.717) is 16.5 Å². The number of aryl methyl sites for hydroxylation is 1. The number of hydrogen-bond donors (Lipinski definition) is 3. The van der Waals surface area contributed by atoms with E-state index in [4.69, 9.17) is 0 Å². The summed E-state index contributed by atoms with van der Waals surface area (Å²) in [5.41, 5.74) is -0.661. The molecule has 2 heterocycles. The summed E-state index contributed by atoms with van der Waals surface area (Å²) in [6.07, 6.45) is 1.54. The van der Waals surface area contributed by atoms with Crippen molar-refractivity contribution >= 4 is 17.7 Å². The second-order valence-corrected chi connectivity index (χ2v) is 6.50. The molecule has 0 fully saturated rings. The van der Waals surface area contributed by atoms with Gasteiger partial charge in [0.15, 0.2) is 5.16 Å². The number of fused-ring (bicyclic) bond motifs is 1. The quantitative estimate of drug-likeness (QED) is 0.625. The van der Waals surface area contributed by atoms with Gasteiger partial charge >= 0.3 is 0 Å². The number of thioether (sulfide) groups is 1. The number of nitrogens with zero attached hydrogens (tertiary/aromatic N) is 2. The summed E-state index contributed by atoms with van der Waals surface area (Å²) in [6.45, 7) is 2.80. The molecule has 21 heavy (non-hydrogen) atoms. The van der Waals surface area contributed by atoms with Crippen LogP contribution in [-0.4, -0.2) is 50.2 Å². The van der Waals surface area contributed by atoms with Crippen LogP contribution in [0.5, 0.6) is 0 Å². The Hall–Kier alpha value is -1.38. The second kappa shape index (κ2) is 6.17. The van der Waals surface area contributed by atoms with Gasteiger partial charge in [-0.2, -0.15) is 0 Å². The van der Waals surface area contributed by atoms with Crippen molar-refractivity contribution in [1.29, 1.82) is 0 Å². The fourth-order valence-corrected chi connectivity index (χ4v) is 3.04. The van der Waals surface area contributed by atoms with Crippen molar-refractivity contribution in [3.05, 3.63) is 22.1 Å². The molecule has 1 aromatic heterocycles. The first kappa shape index (κ1) is 16.0. The van der Waals surface area contributed by atoms with Crippen LogP contribution in [0.3, 0.4) is 0 Å². The molecule has 0 aliphatic carbocycles. The van der Waals surface area contributed by atoms with Crippen LogP contribution in [0.1, 0.15) is 12.5 Å². The molecule has 0 saturated heterocycles. The number of aliphatic hydroxyl groups excluding tert-OH is 2. The lowest BCUT2D eigenvalue weighted by atomic mass is 10.0. The SMILES string of the molecule is Cc1cnc2n(c1=O)CC(C(=O)NC(C)(CO)CO)CS2. The Morgan fingerprint density at radius 2 is 2.24 bits per heavy atom. The predicted octanol–water partition coefficient (Wildman–Crippen LogP) is -0.867. The summed E-state index contributed by atoms with van der Waals surface area (Å²) in [6, 6.07) is 0. The van der Waals surface area contributed by atoms with Gasteiger partial charge in [-0.25, -0.2) is 4.98 Å². The summed E-state index contributed by atoms with van der Waals surface area (Å²) in [7, 11) is 0. The molecule has 7 nitrogen and oxygen atoms in total. The maximum absolute atomic E-state index is 12.3. The fraction of sp³-hybridized carbons (Fsp3) is 0.615. The highest BCUT2D eigenvalue weighted by Gasteiger charge is 2.32. The Labute approximate surface area is 126 Å². The number of aliphatic hydroxyl groups is 2. The molecule has 8 heteroatoms. The largest absolute Gasteiger partial charge is 0.394 e. The molecule has 116 valence electrons. The minimum Gasteiger partial charge on any atom is -0.394 e. The van der Waals surface area contributed by atoms with Crippen LogP contribution in [0.25, 0.3) is 0 Å². The normalized spacial score (nSPS) is 18.2. The number of carbonyl (C=O) groups excluding carboxylic acids is 1. The first-order valence-corrected chi connectivity index (χ1v) is 7.62. The highest BCUT2D eigenvalue weighted by atomic mass is 32.2. The summed E-state index contributed by atoms with van der Waals surface area (Å²) in [5, 5.41) is 21.7. The van der Waals surface area contributed by atoms with E-state index in [1.165, 1.54) is 22.5 Å². The minimum absolute atomic E-state index is 0.142. The molecule has 1 amide bonds. The molecular weight excluding hydrogens is 294 g/mol. The smallest absolute Gasteiger partial charge is 0.257 e. The van der Waals surface area contributed by atoms with Crippen LogP contribution in [-0.2, 0) is 11.3 Å². The van der Waals surface area contributed by atoms with E-state index in [1.54, 1.807) is 13.8 Å². The molecule has 1 aromatic rings. The van der Waals surface area contributed by atoms with Gasteiger partial charge in [-0.3, -0.25) is 14.2 Å². The molecule has 3 N–H and O–H groups in total. The number of hydrogen-bond acceptors (Lipinski definition) is 6. The van der Waals surface area contributed by atoms with Crippen LogP contribution in [0.15, 0.2) is 16.1 Å². The van der Waals surface area contributed by atoms with Gasteiger partial charge in [-0.05, 0) is 13.8 Å². The van der Waals surface area contributed by atoms with E-state index in [1.807, 2.05) is 0 Å². The van der Waals surface area contributed by atoms with E-state index in [0.717, 1.165) is 0 Å². The van der Waals surface area contributed by atoms with E-state index < -0.39 is 11.5 Å². The maximum Gasteiger partial charge on any atom is 0.257 e. The Balaban J connectivity index is 2.16. The monoisotopic (exact) mass is 313 g/mol. The molecule has 1 aliphatic heterocycles. The Morgan fingerprint density at radius 3 is 2.86 bits per heavy atom. The van der Waals surface area contributed by atoms with Crippen molar-refractivity contribution in [2.24, 2.45) is 5.92 Å². The zero-order valence-corrected chi connectivity index (χ0v) is 12.8. The van der Waals surface area contributed by atoms with Crippen molar-refractivity contribution in [3.63, 3.8) is 0 Å². The number of rotatable bonds is 4. The van der Waals surface area contributed by atoms with Crippen molar-refractivity contribution in [2.45, 2.75) is 31.1 Å². The lowest BCUT2D eigenvalue weighted by Gasteiger charge is -2.30. The van der Waals surface area contributed by atoms with Gasteiger partial charge in [0.1, 0.15) is 0 Å². The van der Waals surface area contributed by atoms with Crippen LogP contribution >= 0.6 is 11.8 Å². The van der Waals surface area contributed by atoms with Gasteiger partial charge in [0.25, 0.3) is 5.56 Å². The van der Waals surface area contributed by atoms with E-state index >= 15 is 0 Å². The van der Waals surface area contributed by atoms with Gasteiger partial charge in [0, 0.05) is 24.1 Å². The van der Waals surface area contributed by atoms with Crippen LogP contribution in [0.2, 0.25) is 0 Å². The number of aromatic nitrogens is 2. The topological polar surface area (TPSA) is 104 Å². The number of nitrogens with one attached hydrogen (secondary N) is 1. The average molecular weight is 313 g/mol. The summed E-state index contributed by atoms with van der Waals surface area (Å²) in [5.74, 6) is -0.178. The maximum atomic E-state index is 12.3. The van der Waals surface area contributed by atoms with Crippen molar-refractivity contribution in [1.82, 2.24) is 14.9 Å². The van der Waals surface area contributed by atoms with E-state index in [-0.39, 0.29) is 31.2 Å². The molecule has 0 aromatic carbocycles. The Kier molecular flexibility index (Phi) is 4.70. The molecule has 1 unspecified atom stereocenters. The molecular formula is C13H19N3O4S. The first-order valence-electron chi connectivity index (χ1n) is 6.63. The van der Waals surface area contributed by atoms with Crippen molar-refractivity contribution in [3.8, 4) is 0 Å². The third-order valence-electron chi connectivity index (χ3n) is 3.49. The van der Waals surface area contributed by atoms with Crippen molar-refractivity contribution in [2.75, 3.05) is 19.0 Å². The van der Waals surface area contributed by atoms with Crippen LogP contribution < -0.4 is 10.9 Å². The lowest BCUT2D eigenvalue weighted by molar-refractivity contribution is -0.127. The highest BCUT2D eigenvalue weighted by Crippen LogP contribution is 2.25. The molecule has 0 bridgehead atoms. The molecule has 2 rings (SSSR count). The molecule has 0 radical (unpaired) electrons. The summed E-state index contributed by atoms with van der Waals surface area (Å²) < 4.78 is 1.50. The summed E-state index contributed by atoms with van der Waals surface area (Å²) >= 11 is 1.36. The van der Waals surface area contributed by atoms with Gasteiger partial charge in [-0.1, -0.05) is 11.8 Å². The third-order valence-corrected chi connectivity index (χ3v) is 4.65. The van der Waals surface area contributed by atoms with Crippen molar-refractivity contribution < 1.29 is 15.0 Å². The predicted molar refractivity (Wildman–Crippen MR) is 78.2 cm³/mol. The number of amides is 1. The van der Waals surface area contributed by atoms with Gasteiger partial charge in [0.2, 0.25) is 5.91 Å². The van der Waals surface area contributed by atoms with E-state index in [9.17, 15) is 19.8 Å². The molecule has 0 saturated carbocycles. The minimum atomic E-state index is -1.06. The zero-order valence-electron chi connectivity index (χ0n) is 12.0. The summed E-state index contributed by atoms with van der Waals surface area (Å²) in [4.78, 5) is 28.5. The fourth-order valence-electron chi connectivity index (χ4n) is 1.99. The van der Waals surface area contributed by atoms with Gasteiger partial charge < -0.3 is 15.5 Å². The first-order chi connectivity index (χ1) is 9.90. The number of carbonyl (C=O) groups is 1. The lowest BCUT2D eigenvalue weighted by Crippen LogP contribution is -2.54. The molecule has 0 spiro atoms. The Morgan fingerprint density at radius 1 is 1.57 bits per heavy atom. The van der Waals surface area contributed by atoms with E-state index in [2.05, 4.69) is 10.3 Å². The molecule has 1 atom stereocenters. The average Bonchev–Trinajstić information content (AvgIpc) is 2.50. The Bertz CT molecular complexity index is 598. The van der Waals surface area contributed by atoms with Crippen LogP contribution in [0, 0.1) is 12.8 Å². The van der Waals surface area contributed by atoms with Crippen LogP contribution in [0.4, 0.5) is 0 Å². The van der Waals surface area contributed by atoms with Gasteiger partial charge in [0.05, 0.1) is 24.7 Å². The second-order valence-electron chi connectivity index (χ2n) is 5.51.